The average Bonchev–Trinajstić information content (AvgIpc) is 2.43. The van der Waals surface area contributed by atoms with Crippen LogP contribution >= 0.6 is 0 Å². The van der Waals surface area contributed by atoms with Crippen molar-refractivity contribution < 1.29 is 14.6 Å². The highest BCUT2D eigenvalue weighted by Gasteiger charge is 2.03. The molecule has 0 aromatic heterocycles. The van der Waals surface area contributed by atoms with Gasteiger partial charge in [-0.3, -0.25) is 5.32 Å². The van der Waals surface area contributed by atoms with Crippen LogP contribution in [-0.2, 0) is 11.2 Å². The molecule has 0 saturated carbocycles. The minimum absolute atomic E-state index is 0.156. The summed E-state index contributed by atoms with van der Waals surface area (Å²) in [7, 11) is 0. The molecule has 1 amide bonds. The highest BCUT2D eigenvalue weighted by atomic mass is 16.5. The number of nitrogens with one attached hydrogen (secondary N) is 1. The molecule has 19 heavy (non-hydrogen) atoms. The van der Waals surface area contributed by atoms with Crippen LogP contribution in [-0.4, -0.2) is 17.8 Å². The first-order chi connectivity index (χ1) is 9.24. The molecule has 0 bridgehead atoms. The van der Waals surface area contributed by atoms with Crippen molar-refractivity contribution in [3.8, 4) is 5.75 Å². The molecule has 2 aromatic carbocycles. The van der Waals surface area contributed by atoms with Crippen molar-refractivity contribution in [1.29, 1.82) is 0 Å². The van der Waals surface area contributed by atoms with Crippen molar-refractivity contribution >= 4 is 11.8 Å². The lowest BCUT2D eigenvalue weighted by molar-refractivity contribution is 0.163. The Bertz CT molecular complexity index is 523. The molecule has 2 aromatic rings. The number of carbonyl (C=O) groups excluding carboxylic acids is 1. The minimum Gasteiger partial charge on any atom is -0.508 e. The van der Waals surface area contributed by atoms with Gasteiger partial charge in [0, 0.05) is 12.1 Å². The van der Waals surface area contributed by atoms with Crippen molar-refractivity contribution in [2.75, 3.05) is 11.9 Å². The summed E-state index contributed by atoms with van der Waals surface area (Å²) in [5, 5.41) is 11.7. The normalized spacial score (nSPS) is 9.89. The highest BCUT2D eigenvalue weighted by molar-refractivity contribution is 5.84. The van der Waals surface area contributed by atoms with E-state index < -0.39 is 6.09 Å². The summed E-state index contributed by atoms with van der Waals surface area (Å²) in [4.78, 5) is 11.5. The van der Waals surface area contributed by atoms with Crippen LogP contribution in [0.25, 0.3) is 0 Å². The molecule has 0 aliphatic heterocycles. The molecule has 0 radical (unpaired) electrons. The third kappa shape index (κ3) is 4.35. The Hall–Kier alpha value is -2.49. The largest absolute Gasteiger partial charge is 0.508 e. The molecule has 0 unspecified atom stereocenters. The van der Waals surface area contributed by atoms with E-state index in [0.29, 0.717) is 18.7 Å². The highest BCUT2D eigenvalue weighted by Crippen LogP contribution is 2.13. The molecule has 2 rings (SSSR count). The van der Waals surface area contributed by atoms with E-state index in [9.17, 15) is 4.79 Å². The van der Waals surface area contributed by atoms with E-state index in [1.165, 1.54) is 12.1 Å². The number of anilines is 1. The number of rotatable bonds is 4. The molecule has 0 saturated heterocycles. The lowest BCUT2D eigenvalue weighted by Gasteiger charge is -2.07. The first kappa shape index (κ1) is 13.0. The van der Waals surface area contributed by atoms with Gasteiger partial charge >= 0.3 is 6.09 Å². The molecular weight excluding hydrogens is 242 g/mol. The SMILES string of the molecule is O=C(Nc1ccc(O)cc1)OCCc1ccccc1. The van der Waals surface area contributed by atoms with Gasteiger partial charge in [0.15, 0.2) is 0 Å². The zero-order chi connectivity index (χ0) is 13.5. The van der Waals surface area contributed by atoms with E-state index in [1.807, 2.05) is 30.3 Å². The van der Waals surface area contributed by atoms with E-state index in [-0.39, 0.29) is 5.75 Å². The molecule has 0 fully saturated rings. The minimum atomic E-state index is -0.498. The summed E-state index contributed by atoms with van der Waals surface area (Å²) in [6.07, 6.45) is 0.186. The molecule has 98 valence electrons. The maximum absolute atomic E-state index is 11.5. The average molecular weight is 257 g/mol. The van der Waals surface area contributed by atoms with Gasteiger partial charge < -0.3 is 9.84 Å². The van der Waals surface area contributed by atoms with Gasteiger partial charge in [0.2, 0.25) is 0 Å². The zero-order valence-electron chi connectivity index (χ0n) is 10.4. The Morgan fingerprint density at radius 1 is 1.05 bits per heavy atom. The van der Waals surface area contributed by atoms with Crippen LogP contribution in [0.15, 0.2) is 54.6 Å². The van der Waals surface area contributed by atoms with Gasteiger partial charge in [-0.2, -0.15) is 0 Å². The van der Waals surface area contributed by atoms with Crippen LogP contribution in [0.4, 0.5) is 10.5 Å². The predicted octanol–water partition coefficient (Wildman–Crippen LogP) is 3.18. The number of amides is 1. The summed E-state index contributed by atoms with van der Waals surface area (Å²) in [5.41, 5.74) is 1.71. The maximum atomic E-state index is 11.5. The predicted molar refractivity (Wildman–Crippen MR) is 73.2 cm³/mol. The summed E-state index contributed by atoms with van der Waals surface area (Å²) >= 11 is 0. The molecule has 0 aliphatic rings. The number of aromatic hydroxyl groups is 1. The Kier molecular flexibility index (Phi) is 4.39. The molecule has 4 nitrogen and oxygen atoms in total. The van der Waals surface area contributed by atoms with Crippen LogP contribution < -0.4 is 5.32 Å². The van der Waals surface area contributed by atoms with Crippen LogP contribution in [0.1, 0.15) is 5.56 Å². The maximum Gasteiger partial charge on any atom is 0.411 e. The van der Waals surface area contributed by atoms with Gasteiger partial charge in [-0.15, -0.1) is 0 Å². The second-order valence-corrected chi connectivity index (χ2v) is 4.04. The summed E-state index contributed by atoms with van der Waals surface area (Å²) in [6.45, 7) is 0.327. The number of phenolic OH excluding ortho intramolecular Hbond substituents is 1. The van der Waals surface area contributed by atoms with Gasteiger partial charge in [-0.25, -0.2) is 4.79 Å². The van der Waals surface area contributed by atoms with Crippen LogP contribution in [0.3, 0.4) is 0 Å². The first-order valence-corrected chi connectivity index (χ1v) is 6.01. The molecule has 4 heteroatoms. The Labute approximate surface area is 111 Å². The van der Waals surface area contributed by atoms with Crippen molar-refractivity contribution in [2.45, 2.75) is 6.42 Å². The fourth-order valence-electron chi connectivity index (χ4n) is 1.60. The second kappa shape index (κ2) is 6.44. The van der Waals surface area contributed by atoms with E-state index in [1.54, 1.807) is 12.1 Å². The van der Waals surface area contributed by atoms with Gasteiger partial charge in [0.25, 0.3) is 0 Å². The van der Waals surface area contributed by atoms with Gasteiger partial charge in [-0.05, 0) is 29.8 Å². The molecule has 0 atom stereocenters. The monoisotopic (exact) mass is 257 g/mol. The number of benzene rings is 2. The van der Waals surface area contributed by atoms with E-state index in [2.05, 4.69) is 5.32 Å². The van der Waals surface area contributed by atoms with Gasteiger partial charge in [-0.1, -0.05) is 30.3 Å². The van der Waals surface area contributed by atoms with Gasteiger partial charge in [0.05, 0.1) is 6.61 Å². The number of ether oxygens (including phenoxy) is 1. The van der Waals surface area contributed by atoms with Crippen molar-refractivity contribution in [2.24, 2.45) is 0 Å². The number of carbonyl (C=O) groups is 1. The fraction of sp³-hybridized carbons (Fsp3) is 0.133. The quantitative estimate of drug-likeness (QED) is 0.827. The van der Waals surface area contributed by atoms with E-state index >= 15 is 0 Å². The standard InChI is InChI=1S/C15H15NO3/c17-14-8-6-13(7-9-14)16-15(18)19-11-10-12-4-2-1-3-5-12/h1-9,17H,10-11H2,(H,16,18). The zero-order valence-corrected chi connectivity index (χ0v) is 10.4. The second-order valence-electron chi connectivity index (χ2n) is 4.04. The third-order valence-electron chi connectivity index (χ3n) is 2.58. The third-order valence-corrected chi connectivity index (χ3v) is 2.58. The van der Waals surface area contributed by atoms with E-state index in [0.717, 1.165) is 5.56 Å². The molecule has 2 N–H and O–H groups in total. The molecular formula is C15H15NO3. The Morgan fingerprint density at radius 3 is 2.42 bits per heavy atom. The first-order valence-electron chi connectivity index (χ1n) is 6.01. The fourth-order valence-corrected chi connectivity index (χ4v) is 1.60. The lowest BCUT2D eigenvalue weighted by Crippen LogP contribution is -2.15. The Balaban J connectivity index is 1.74. The molecule has 0 aliphatic carbocycles. The van der Waals surface area contributed by atoms with Gasteiger partial charge in [0.1, 0.15) is 5.75 Å². The molecule has 0 heterocycles. The number of phenols is 1. The van der Waals surface area contributed by atoms with E-state index in [4.69, 9.17) is 9.84 Å². The summed E-state index contributed by atoms with van der Waals surface area (Å²) in [6, 6.07) is 16.0. The summed E-state index contributed by atoms with van der Waals surface area (Å²) < 4.78 is 5.07. The number of hydrogen-bond donors (Lipinski definition) is 2. The van der Waals surface area contributed by atoms with Crippen LogP contribution in [0.5, 0.6) is 5.75 Å². The summed E-state index contributed by atoms with van der Waals surface area (Å²) in [5.74, 6) is 0.156. The van der Waals surface area contributed by atoms with Crippen molar-refractivity contribution in [1.82, 2.24) is 0 Å². The van der Waals surface area contributed by atoms with Crippen LogP contribution in [0.2, 0.25) is 0 Å². The molecule has 0 spiro atoms. The topological polar surface area (TPSA) is 58.6 Å². The van der Waals surface area contributed by atoms with Crippen LogP contribution in [0, 0.1) is 0 Å². The Morgan fingerprint density at radius 2 is 1.74 bits per heavy atom. The van der Waals surface area contributed by atoms with Crippen molar-refractivity contribution in [3.05, 3.63) is 60.2 Å². The van der Waals surface area contributed by atoms with Crippen molar-refractivity contribution in [3.63, 3.8) is 0 Å². The number of hydrogen-bond acceptors (Lipinski definition) is 3. The lowest BCUT2D eigenvalue weighted by atomic mass is 10.2. The smallest absolute Gasteiger partial charge is 0.411 e.